The van der Waals surface area contributed by atoms with E-state index in [9.17, 15) is 0 Å². The van der Waals surface area contributed by atoms with Crippen molar-refractivity contribution in [1.82, 2.24) is 0 Å². The summed E-state index contributed by atoms with van der Waals surface area (Å²) in [5.41, 5.74) is 1.67. The fourth-order valence-electron chi connectivity index (χ4n) is 2.58. The summed E-state index contributed by atoms with van der Waals surface area (Å²) < 4.78 is 6.89. The molecule has 4 aromatic rings. The minimum Gasteiger partial charge on any atom is -0.455 e. The minimum atomic E-state index is 0.722. The van der Waals surface area contributed by atoms with Crippen LogP contribution in [0.5, 0.6) is 0 Å². The molecule has 3 aromatic carbocycles. The number of benzene rings is 3. The average molecular weight is 332 g/mol. The molecule has 0 radical (unpaired) electrons. The number of hydrogen-bond acceptors (Lipinski definition) is 1. The average Bonchev–Trinajstić information content (AvgIpc) is 2.81. The molecule has 0 amide bonds. The monoisotopic (exact) mass is 330 g/mol. The van der Waals surface area contributed by atoms with Crippen molar-refractivity contribution in [2.45, 2.75) is 0 Å². The van der Waals surface area contributed by atoms with Crippen LogP contribution >= 0.6 is 27.5 Å². The summed E-state index contributed by atoms with van der Waals surface area (Å²) in [6, 6.07) is 16.1. The van der Waals surface area contributed by atoms with E-state index in [2.05, 4.69) is 34.1 Å². The molecular weight excluding hydrogens is 324 g/mol. The second-order valence-corrected chi connectivity index (χ2v) is 5.76. The molecule has 3 heteroatoms. The van der Waals surface area contributed by atoms with Crippen molar-refractivity contribution in [3.63, 3.8) is 0 Å². The van der Waals surface area contributed by atoms with Crippen molar-refractivity contribution in [3.05, 3.63) is 58.0 Å². The number of fused-ring (bicyclic) bond motifs is 5. The molecule has 92 valence electrons. The highest BCUT2D eigenvalue weighted by Crippen LogP contribution is 2.41. The van der Waals surface area contributed by atoms with Crippen LogP contribution in [0.1, 0.15) is 0 Å². The molecule has 0 aliphatic rings. The van der Waals surface area contributed by atoms with Crippen LogP contribution in [-0.2, 0) is 0 Å². The van der Waals surface area contributed by atoms with Gasteiger partial charge in [0.2, 0.25) is 0 Å². The van der Waals surface area contributed by atoms with Crippen molar-refractivity contribution in [1.29, 1.82) is 0 Å². The Morgan fingerprint density at radius 1 is 0.947 bits per heavy atom. The second-order valence-electron chi connectivity index (χ2n) is 4.50. The Hall–Kier alpha value is -1.51. The number of rotatable bonds is 0. The summed E-state index contributed by atoms with van der Waals surface area (Å²) in [6.45, 7) is 0. The lowest BCUT2D eigenvalue weighted by molar-refractivity contribution is 0.667. The van der Waals surface area contributed by atoms with E-state index in [0.29, 0.717) is 0 Å². The fourth-order valence-corrected chi connectivity index (χ4v) is 3.37. The van der Waals surface area contributed by atoms with Gasteiger partial charge in [-0.25, -0.2) is 0 Å². The summed E-state index contributed by atoms with van der Waals surface area (Å²) in [5.74, 6) is 0. The number of halogens is 2. The van der Waals surface area contributed by atoms with Gasteiger partial charge in [0, 0.05) is 10.8 Å². The maximum absolute atomic E-state index is 6.35. The third kappa shape index (κ3) is 1.54. The molecule has 0 fully saturated rings. The normalized spacial score (nSPS) is 11.7. The molecule has 19 heavy (non-hydrogen) atoms. The number of furan rings is 1. The largest absolute Gasteiger partial charge is 0.455 e. The van der Waals surface area contributed by atoms with Gasteiger partial charge in [0.1, 0.15) is 11.2 Å². The van der Waals surface area contributed by atoms with Crippen LogP contribution in [0.2, 0.25) is 5.02 Å². The first kappa shape index (κ1) is 11.3. The third-order valence-corrected chi connectivity index (χ3v) is 4.30. The summed E-state index contributed by atoms with van der Waals surface area (Å²) in [5, 5.41) is 5.11. The molecule has 1 heterocycles. The SMILES string of the molecule is Clc1cccc2oc3c(Br)cc4ccccc4c3c12. The van der Waals surface area contributed by atoms with E-state index in [1.54, 1.807) is 0 Å². The Morgan fingerprint density at radius 3 is 2.68 bits per heavy atom. The third-order valence-electron chi connectivity index (χ3n) is 3.39. The van der Waals surface area contributed by atoms with Gasteiger partial charge < -0.3 is 4.42 Å². The Morgan fingerprint density at radius 2 is 1.79 bits per heavy atom. The van der Waals surface area contributed by atoms with Crippen LogP contribution in [0, 0.1) is 0 Å². The van der Waals surface area contributed by atoms with Gasteiger partial charge in [0.05, 0.1) is 9.50 Å². The lowest BCUT2D eigenvalue weighted by atomic mass is 10.0. The Labute approximate surface area is 122 Å². The molecule has 0 atom stereocenters. The van der Waals surface area contributed by atoms with Crippen LogP contribution in [0.25, 0.3) is 32.7 Å². The molecule has 0 unspecified atom stereocenters. The van der Waals surface area contributed by atoms with Crippen LogP contribution in [-0.4, -0.2) is 0 Å². The van der Waals surface area contributed by atoms with Crippen LogP contribution in [0.3, 0.4) is 0 Å². The highest BCUT2D eigenvalue weighted by Gasteiger charge is 2.15. The van der Waals surface area contributed by atoms with E-state index < -0.39 is 0 Å². The molecule has 0 spiro atoms. The van der Waals surface area contributed by atoms with Crippen LogP contribution < -0.4 is 0 Å². The van der Waals surface area contributed by atoms with Gasteiger partial charge in [0.15, 0.2) is 0 Å². The fraction of sp³-hybridized carbons (Fsp3) is 0. The van der Waals surface area contributed by atoms with E-state index in [1.807, 2.05) is 30.3 Å². The Bertz CT molecular complexity index is 940. The van der Waals surface area contributed by atoms with Crippen molar-refractivity contribution >= 4 is 60.2 Å². The smallest absolute Gasteiger partial charge is 0.150 e. The first-order chi connectivity index (χ1) is 9.25. The summed E-state index contributed by atoms with van der Waals surface area (Å²) in [7, 11) is 0. The highest BCUT2D eigenvalue weighted by atomic mass is 79.9. The minimum absolute atomic E-state index is 0.722. The molecule has 0 N–H and O–H groups in total. The molecule has 0 saturated carbocycles. The zero-order valence-electron chi connectivity index (χ0n) is 9.78. The summed E-state index contributed by atoms with van der Waals surface area (Å²) >= 11 is 9.94. The predicted molar refractivity (Wildman–Crippen MR) is 83.9 cm³/mol. The van der Waals surface area contributed by atoms with Gasteiger partial charge in [-0.1, -0.05) is 41.9 Å². The van der Waals surface area contributed by atoms with Crippen molar-refractivity contribution in [3.8, 4) is 0 Å². The molecule has 4 rings (SSSR count). The topological polar surface area (TPSA) is 13.1 Å². The predicted octanol–water partition coefficient (Wildman–Crippen LogP) is 6.16. The summed E-state index contributed by atoms with van der Waals surface area (Å²) in [4.78, 5) is 0. The molecule has 0 aliphatic heterocycles. The van der Waals surface area contributed by atoms with E-state index >= 15 is 0 Å². The number of hydrogen-bond donors (Lipinski definition) is 0. The van der Waals surface area contributed by atoms with E-state index in [4.69, 9.17) is 16.0 Å². The standard InChI is InChI=1S/C16H8BrClO/c17-11-8-9-4-1-2-5-10(9)14-15-12(18)6-3-7-13(15)19-16(11)14/h1-8H. The molecular formula is C16H8BrClO. The molecule has 1 nitrogen and oxygen atoms in total. The van der Waals surface area contributed by atoms with Crippen molar-refractivity contribution in [2.24, 2.45) is 0 Å². The Balaban J connectivity index is 2.42. The van der Waals surface area contributed by atoms with Gasteiger partial charge in [-0.15, -0.1) is 0 Å². The lowest BCUT2D eigenvalue weighted by Gasteiger charge is -2.01. The van der Waals surface area contributed by atoms with Crippen LogP contribution in [0.4, 0.5) is 0 Å². The lowest BCUT2D eigenvalue weighted by Crippen LogP contribution is -1.76. The first-order valence-corrected chi connectivity index (χ1v) is 7.11. The van der Waals surface area contributed by atoms with E-state index in [0.717, 1.165) is 36.8 Å². The summed E-state index contributed by atoms with van der Waals surface area (Å²) in [6.07, 6.45) is 0. The molecule has 0 saturated heterocycles. The van der Waals surface area contributed by atoms with Crippen molar-refractivity contribution in [2.75, 3.05) is 0 Å². The van der Waals surface area contributed by atoms with Crippen molar-refractivity contribution < 1.29 is 4.42 Å². The quantitative estimate of drug-likeness (QED) is 0.376. The van der Waals surface area contributed by atoms with Gasteiger partial charge >= 0.3 is 0 Å². The highest BCUT2D eigenvalue weighted by molar-refractivity contribution is 9.10. The maximum atomic E-state index is 6.35. The van der Waals surface area contributed by atoms with Gasteiger partial charge in [0.25, 0.3) is 0 Å². The first-order valence-electron chi connectivity index (χ1n) is 5.93. The molecule has 0 aliphatic carbocycles. The maximum Gasteiger partial charge on any atom is 0.150 e. The Kier molecular flexibility index (Phi) is 2.38. The zero-order valence-corrected chi connectivity index (χ0v) is 12.1. The molecule has 1 aromatic heterocycles. The molecule has 0 bridgehead atoms. The van der Waals surface area contributed by atoms with E-state index in [1.165, 1.54) is 5.39 Å². The van der Waals surface area contributed by atoms with Gasteiger partial charge in [-0.05, 0) is 44.9 Å². The van der Waals surface area contributed by atoms with Gasteiger partial charge in [-0.2, -0.15) is 0 Å². The van der Waals surface area contributed by atoms with E-state index in [-0.39, 0.29) is 0 Å². The van der Waals surface area contributed by atoms with Gasteiger partial charge in [-0.3, -0.25) is 0 Å². The zero-order chi connectivity index (χ0) is 13.0. The van der Waals surface area contributed by atoms with Crippen LogP contribution in [0.15, 0.2) is 57.4 Å². The second kappa shape index (κ2) is 3.99.